The van der Waals surface area contributed by atoms with Crippen molar-refractivity contribution in [1.29, 1.82) is 0 Å². The summed E-state index contributed by atoms with van der Waals surface area (Å²) < 4.78 is 10.7. The maximum Gasteiger partial charge on any atom is 0.302 e. The van der Waals surface area contributed by atoms with E-state index in [1.54, 1.807) is 24.4 Å². The lowest BCUT2D eigenvalue weighted by molar-refractivity contribution is -0.148. The third-order valence-corrected chi connectivity index (χ3v) is 8.17. The number of phenols is 1. The first-order chi connectivity index (χ1) is 20.7. The third kappa shape index (κ3) is 11.1. The highest BCUT2D eigenvalue weighted by Crippen LogP contribution is 2.34. The number of allylic oxidation sites excluding steroid dienone is 1. The Kier molecular flexibility index (Phi) is 13.7. The van der Waals surface area contributed by atoms with E-state index in [2.05, 4.69) is 16.9 Å². The fourth-order valence-corrected chi connectivity index (χ4v) is 5.73. The molecule has 0 amide bonds. The zero-order chi connectivity index (χ0) is 31.2. The minimum atomic E-state index is -0.459. The maximum atomic E-state index is 12.9. The van der Waals surface area contributed by atoms with Crippen molar-refractivity contribution in [2.24, 2.45) is 10.9 Å². The molecule has 0 saturated carbocycles. The quantitative estimate of drug-likeness (QED) is 0.175. The van der Waals surface area contributed by atoms with Crippen molar-refractivity contribution in [3.05, 3.63) is 58.8 Å². The van der Waals surface area contributed by atoms with Gasteiger partial charge in [-0.1, -0.05) is 19.4 Å². The summed E-state index contributed by atoms with van der Waals surface area (Å²) >= 11 is 0. The number of nitrogens with two attached hydrogens (primary N) is 1. The number of pyridine rings is 1. The Morgan fingerprint density at radius 1 is 1.12 bits per heavy atom. The van der Waals surface area contributed by atoms with Crippen molar-refractivity contribution >= 4 is 23.8 Å². The van der Waals surface area contributed by atoms with Gasteiger partial charge in [0.15, 0.2) is 11.5 Å². The lowest BCUT2D eigenvalue weighted by atomic mass is 9.84. The zero-order valence-electron chi connectivity index (χ0n) is 25.8. The molecule has 2 heterocycles. The molecule has 1 aliphatic heterocycles. The van der Waals surface area contributed by atoms with E-state index in [0.717, 1.165) is 43.2 Å². The number of rotatable bonds is 19. The number of aromatic nitrogens is 1. The molecule has 0 aliphatic carbocycles. The second-order valence-corrected chi connectivity index (χ2v) is 11.4. The number of aliphatic imine (C=N–C) groups is 1. The van der Waals surface area contributed by atoms with E-state index in [-0.39, 0.29) is 36.4 Å². The van der Waals surface area contributed by atoms with Crippen LogP contribution in [0.25, 0.3) is 0 Å². The van der Waals surface area contributed by atoms with E-state index in [9.17, 15) is 19.8 Å². The molecule has 234 valence electrons. The molecule has 0 radical (unpaired) electrons. The van der Waals surface area contributed by atoms with Crippen molar-refractivity contribution in [2.45, 2.75) is 90.1 Å². The average molecular weight is 594 g/mol. The number of phenolic OH excluding ortho intramolecular Hbond substituents is 1. The summed E-state index contributed by atoms with van der Waals surface area (Å²) in [7, 11) is 1.49. The SMILES string of the molecule is CCC(CCC(CC(=O)CCc1ccc(O)c(OC)c1)OC(C)=O)CC1=C(CC(CCCO)c2ccnc(N)c2)CN=C1. The van der Waals surface area contributed by atoms with Crippen LogP contribution in [-0.4, -0.2) is 59.5 Å². The Bertz CT molecular complexity index is 1270. The van der Waals surface area contributed by atoms with E-state index in [1.165, 1.54) is 25.2 Å². The number of aliphatic hydroxyl groups excluding tert-OH is 1. The minimum Gasteiger partial charge on any atom is -0.504 e. The lowest BCUT2D eigenvalue weighted by Crippen LogP contribution is -2.22. The predicted octanol–water partition coefficient (Wildman–Crippen LogP) is 5.73. The molecule has 0 bridgehead atoms. The maximum absolute atomic E-state index is 12.9. The molecule has 9 nitrogen and oxygen atoms in total. The number of aromatic hydroxyl groups is 1. The number of anilines is 1. The molecule has 0 fully saturated rings. The van der Waals surface area contributed by atoms with Gasteiger partial charge in [-0.2, -0.15) is 0 Å². The second-order valence-electron chi connectivity index (χ2n) is 11.4. The predicted molar refractivity (Wildman–Crippen MR) is 169 cm³/mol. The van der Waals surface area contributed by atoms with Gasteiger partial charge in [-0.25, -0.2) is 4.98 Å². The number of esters is 1. The molecule has 0 saturated heterocycles. The van der Waals surface area contributed by atoms with Crippen LogP contribution in [0.2, 0.25) is 0 Å². The van der Waals surface area contributed by atoms with E-state index >= 15 is 0 Å². The van der Waals surface area contributed by atoms with Crippen LogP contribution in [-0.2, 0) is 20.7 Å². The van der Waals surface area contributed by atoms with Gasteiger partial charge >= 0.3 is 5.97 Å². The lowest BCUT2D eigenvalue weighted by Gasteiger charge is -2.22. The van der Waals surface area contributed by atoms with E-state index < -0.39 is 6.10 Å². The molecular weight excluding hydrogens is 546 g/mol. The van der Waals surface area contributed by atoms with Crippen LogP contribution in [0.3, 0.4) is 0 Å². The van der Waals surface area contributed by atoms with E-state index in [1.807, 2.05) is 18.3 Å². The van der Waals surface area contributed by atoms with Crippen LogP contribution in [0, 0.1) is 5.92 Å². The van der Waals surface area contributed by atoms with E-state index in [0.29, 0.717) is 49.7 Å². The number of carbonyl (C=O) groups is 2. The Morgan fingerprint density at radius 2 is 1.93 bits per heavy atom. The number of hydrogen-bond acceptors (Lipinski definition) is 9. The number of carbonyl (C=O) groups excluding carboxylic acids is 2. The molecule has 1 aliphatic rings. The van der Waals surface area contributed by atoms with Crippen LogP contribution in [0.15, 0.2) is 52.7 Å². The smallest absolute Gasteiger partial charge is 0.302 e. The van der Waals surface area contributed by atoms with Gasteiger partial charge in [0.2, 0.25) is 0 Å². The number of aliphatic hydroxyl groups is 1. The molecule has 1 aromatic heterocycles. The van der Waals surface area contributed by atoms with Gasteiger partial charge in [-0.3, -0.25) is 14.6 Å². The van der Waals surface area contributed by atoms with Gasteiger partial charge in [0.05, 0.1) is 13.7 Å². The normalized spacial score (nSPS) is 14.9. The number of benzene rings is 1. The molecule has 1 aromatic carbocycles. The highest BCUT2D eigenvalue weighted by atomic mass is 16.5. The van der Waals surface area contributed by atoms with Gasteiger partial charge in [-0.15, -0.1) is 0 Å². The van der Waals surface area contributed by atoms with Crippen molar-refractivity contribution < 1.29 is 29.3 Å². The first-order valence-corrected chi connectivity index (χ1v) is 15.3. The fraction of sp³-hybridized carbons (Fsp3) is 0.529. The molecule has 3 atom stereocenters. The van der Waals surface area contributed by atoms with Gasteiger partial charge < -0.3 is 25.4 Å². The number of aryl methyl sites for hydroxylation is 1. The van der Waals surface area contributed by atoms with Crippen molar-refractivity contribution in [2.75, 3.05) is 26.0 Å². The number of ether oxygens (including phenoxy) is 2. The molecule has 4 N–H and O–H groups in total. The Morgan fingerprint density at radius 3 is 2.63 bits per heavy atom. The number of Topliss-reactive ketones (excluding diaryl/α,β-unsaturated/α-hetero) is 1. The second kappa shape index (κ2) is 17.4. The Hall–Kier alpha value is -3.72. The Labute approximate surface area is 255 Å². The molecule has 3 unspecified atom stereocenters. The zero-order valence-corrected chi connectivity index (χ0v) is 25.8. The largest absolute Gasteiger partial charge is 0.504 e. The summed E-state index contributed by atoms with van der Waals surface area (Å²) in [6.45, 7) is 4.38. The molecular formula is C34H47N3O6. The van der Waals surface area contributed by atoms with Gasteiger partial charge in [0.1, 0.15) is 17.7 Å². The van der Waals surface area contributed by atoms with Gasteiger partial charge in [-0.05, 0) is 103 Å². The summed E-state index contributed by atoms with van der Waals surface area (Å²) in [4.78, 5) is 33.4. The van der Waals surface area contributed by atoms with Crippen LogP contribution in [0.1, 0.15) is 88.7 Å². The van der Waals surface area contributed by atoms with E-state index in [4.69, 9.17) is 15.2 Å². The molecule has 3 rings (SSSR count). The van der Waals surface area contributed by atoms with Crippen molar-refractivity contribution in [3.8, 4) is 11.5 Å². The van der Waals surface area contributed by atoms with Crippen molar-refractivity contribution in [3.63, 3.8) is 0 Å². The summed E-state index contributed by atoms with van der Waals surface area (Å²) in [6.07, 6.45) is 9.99. The highest BCUT2D eigenvalue weighted by molar-refractivity contribution is 5.82. The number of nitrogens with zero attached hydrogens (tertiary/aromatic N) is 2. The number of methoxy groups -OCH3 is 1. The summed E-state index contributed by atoms with van der Waals surface area (Å²) in [5.74, 6) is 1.17. The molecule has 9 heteroatoms. The van der Waals surface area contributed by atoms with Crippen LogP contribution in [0.4, 0.5) is 5.82 Å². The van der Waals surface area contributed by atoms with Gasteiger partial charge in [0, 0.05) is 38.8 Å². The fourth-order valence-electron chi connectivity index (χ4n) is 5.73. The standard InChI is InChI=1S/C34H47N3O6/c1-4-24(16-28-21-36-22-29(28)18-26(6-5-15-38)27-13-14-37-34(35)19-27)8-11-31(43-23(2)39)20-30(40)10-7-25-9-12-32(41)33(17-25)42-3/h9,12-14,17,19,21,24,26,31,38,41H,4-8,10-11,15-16,18,20,22H2,1-3H3,(H2,35,37). The van der Waals surface area contributed by atoms with Crippen LogP contribution < -0.4 is 10.5 Å². The van der Waals surface area contributed by atoms with Crippen LogP contribution >= 0.6 is 0 Å². The monoisotopic (exact) mass is 593 g/mol. The summed E-state index contributed by atoms with van der Waals surface area (Å²) in [5.41, 5.74) is 10.6. The third-order valence-electron chi connectivity index (χ3n) is 8.17. The summed E-state index contributed by atoms with van der Waals surface area (Å²) in [6, 6.07) is 8.99. The van der Waals surface area contributed by atoms with Crippen molar-refractivity contribution in [1.82, 2.24) is 4.98 Å². The number of hydrogen-bond donors (Lipinski definition) is 3. The molecule has 2 aromatic rings. The molecule has 0 spiro atoms. The average Bonchev–Trinajstić information content (AvgIpc) is 3.42. The first-order valence-electron chi connectivity index (χ1n) is 15.3. The topological polar surface area (TPSA) is 144 Å². The first kappa shape index (κ1) is 33.8. The minimum absolute atomic E-state index is 0.0323. The molecule has 43 heavy (non-hydrogen) atoms. The highest BCUT2D eigenvalue weighted by Gasteiger charge is 2.23. The summed E-state index contributed by atoms with van der Waals surface area (Å²) in [5, 5.41) is 19.3. The number of ketones is 1. The van der Waals surface area contributed by atoms with Gasteiger partial charge in [0.25, 0.3) is 0 Å². The number of nitrogen functional groups attached to an aromatic ring is 1. The van der Waals surface area contributed by atoms with Crippen LogP contribution in [0.5, 0.6) is 11.5 Å². The Balaban J connectivity index is 1.60.